The zero-order valence-corrected chi connectivity index (χ0v) is 12.3. The second-order valence-electron chi connectivity index (χ2n) is 5.06. The molecule has 2 N–H and O–H groups in total. The highest BCUT2D eigenvalue weighted by Crippen LogP contribution is 2.21. The first-order valence-corrected chi connectivity index (χ1v) is 7.39. The summed E-state index contributed by atoms with van der Waals surface area (Å²) in [7, 11) is 0. The molecule has 0 amide bonds. The molecule has 4 heteroatoms. The largest absolute Gasteiger partial charge is 0.382 e. The van der Waals surface area contributed by atoms with Crippen molar-refractivity contribution in [2.45, 2.75) is 44.7 Å². The van der Waals surface area contributed by atoms with E-state index in [1.54, 1.807) is 12.1 Å². The van der Waals surface area contributed by atoms with Crippen LogP contribution in [0.3, 0.4) is 0 Å². The standard InChI is InChI=1S/C14H20BrFN2/c1-10(8-11-4-2-3-7-17-11)18-12-5-6-14(16)13(15)9-12/h5-6,9-11,17-18H,2-4,7-8H2,1H3. The number of hydrogen-bond acceptors (Lipinski definition) is 2. The minimum atomic E-state index is -0.220. The van der Waals surface area contributed by atoms with Crippen LogP contribution in [0, 0.1) is 5.82 Å². The molecule has 2 atom stereocenters. The van der Waals surface area contributed by atoms with Crippen LogP contribution in [0.2, 0.25) is 0 Å². The van der Waals surface area contributed by atoms with Gasteiger partial charge in [-0.05, 0) is 66.9 Å². The molecule has 1 aliphatic rings. The Kier molecular flexibility index (Phi) is 5.01. The number of benzene rings is 1. The lowest BCUT2D eigenvalue weighted by molar-refractivity contribution is 0.371. The molecule has 100 valence electrons. The Hall–Kier alpha value is -0.610. The summed E-state index contributed by atoms with van der Waals surface area (Å²) in [6.45, 7) is 3.31. The third kappa shape index (κ3) is 3.95. The Bertz CT molecular complexity index is 391. The predicted octanol–water partition coefficient (Wildman–Crippen LogP) is 3.92. The lowest BCUT2D eigenvalue weighted by Crippen LogP contribution is -2.37. The average molecular weight is 315 g/mol. The first kappa shape index (κ1) is 13.8. The Labute approximate surface area is 116 Å². The summed E-state index contributed by atoms with van der Waals surface area (Å²) in [6.07, 6.45) is 4.99. The van der Waals surface area contributed by atoms with Crippen molar-refractivity contribution in [1.82, 2.24) is 5.32 Å². The summed E-state index contributed by atoms with van der Waals surface area (Å²) in [5, 5.41) is 6.97. The van der Waals surface area contributed by atoms with E-state index >= 15 is 0 Å². The van der Waals surface area contributed by atoms with Gasteiger partial charge in [0.25, 0.3) is 0 Å². The fourth-order valence-electron chi connectivity index (χ4n) is 2.48. The van der Waals surface area contributed by atoms with E-state index in [2.05, 4.69) is 33.5 Å². The maximum atomic E-state index is 13.1. The minimum absolute atomic E-state index is 0.220. The van der Waals surface area contributed by atoms with Crippen LogP contribution in [-0.4, -0.2) is 18.6 Å². The van der Waals surface area contributed by atoms with Crippen molar-refractivity contribution in [3.63, 3.8) is 0 Å². The van der Waals surface area contributed by atoms with Gasteiger partial charge in [-0.2, -0.15) is 0 Å². The maximum absolute atomic E-state index is 13.1. The van der Waals surface area contributed by atoms with Gasteiger partial charge < -0.3 is 10.6 Å². The van der Waals surface area contributed by atoms with Crippen LogP contribution >= 0.6 is 15.9 Å². The van der Waals surface area contributed by atoms with Gasteiger partial charge in [0.2, 0.25) is 0 Å². The van der Waals surface area contributed by atoms with E-state index < -0.39 is 0 Å². The highest BCUT2D eigenvalue weighted by atomic mass is 79.9. The summed E-state index contributed by atoms with van der Waals surface area (Å²) in [5.41, 5.74) is 0.964. The molecule has 0 aliphatic carbocycles. The Morgan fingerprint density at radius 3 is 3.00 bits per heavy atom. The molecule has 0 radical (unpaired) electrons. The van der Waals surface area contributed by atoms with Crippen LogP contribution in [0.25, 0.3) is 0 Å². The molecule has 2 unspecified atom stereocenters. The van der Waals surface area contributed by atoms with Crippen molar-refractivity contribution in [2.75, 3.05) is 11.9 Å². The molecule has 0 bridgehead atoms. The summed E-state index contributed by atoms with van der Waals surface area (Å²) in [6, 6.07) is 6.06. The molecule has 0 aromatic heterocycles. The van der Waals surface area contributed by atoms with Crippen molar-refractivity contribution in [2.24, 2.45) is 0 Å². The van der Waals surface area contributed by atoms with E-state index in [1.165, 1.54) is 25.3 Å². The molecule has 0 spiro atoms. The van der Waals surface area contributed by atoms with Gasteiger partial charge in [-0.15, -0.1) is 0 Å². The van der Waals surface area contributed by atoms with Gasteiger partial charge in [0, 0.05) is 17.8 Å². The van der Waals surface area contributed by atoms with Gasteiger partial charge in [0.05, 0.1) is 4.47 Å². The number of piperidine rings is 1. The van der Waals surface area contributed by atoms with Gasteiger partial charge in [-0.25, -0.2) is 4.39 Å². The molecule has 1 fully saturated rings. The molecular weight excluding hydrogens is 295 g/mol. The van der Waals surface area contributed by atoms with Crippen molar-refractivity contribution in [3.05, 3.63) is 28.5 Å². The van der Waals surface area contributed by atoms with Gasteiger partial charge in [0.1, 0.15) is 5.82 Å². The van der Waals surface area contributed by atoms with Crippen molar-refractivity contribution >= 4 is 21.6 Å². The quantitative estimate of drug-likeness (QED) is 0.880. The topological polar surface area (TPSA) is 24.1 Å². The highest BCUT2D eigenvalue weighted by Gasteiger charge is 2.15. The summed E-state index contributed by atoms with van der Waals surface area (Å²) >= 11 is 3.21. The number of rotatable bonds is 4. The van der Waals surface area contributed by atoms with Crippen LogP contribution < -0.4 is 10.6 Å². The fourth-order valence-corrected chi connectivity index (χ4v) is 2.86. The van der Waals surface area contributed by atoms with E-state index in [9.17, 15) is 4.39 Å². The lowest BCUT2D eigenvalue weighted by atomic mass is 9.99. The number of halogens is 2. The van der Waals surface area contributed by atoms with Crippen LogP contribution in [0.15, 0.2) is 22.7 Å². The Balaban J connectivity index is 1.85. The molecule has 2 nitrogen and oxygen atoms in total. The molecular formula is C14H20BrFN2. The van der Waals surface area contributed by atoms with Crippen molar-refractivity contribution < 1.29 is 4.39 Å². The maximum Gasteiger partial charge on any atom is 0.137 e. The summed E-state index contributed by atoms with van der Waals surface area (Å²) < 4.78 is 13.6. The van der Waals surface area contributed by atoms with Crippen LogP contribution in [0.1, 0.15) is 32.6 Å². The average Bonchev–Trinajstić information content (AvgIpc) is 2.35. The second kappa shape index (κ2) is 6.53. The monoisotopic (exact) mass is 314 g/mol. The highest BCUT2D eigenvalue weighted by molar-refractivity contribution is 9.10. The molecule has 2 rings (SSSR count). The fraction of sp³-hybridized carbons (Fsp3) is 0.571. The zero-order valence-electron chi connectivity index (χ0n) is 10.7. The van der Waals surface area contributed by atoms with Crippen LogP contribution in [0.5, 0.6) is 0 Å². The van der Waals surface area contributed by atoms with Gasteiger partial charge in [0.15, 0.2) is 0 Å². The Morgan fingerprint density at radius 2 is 2.33 bits per heavy atom. The normalized spacial score (nSPS) is 21.6. The number of anilines is 1. The molecule has 1 aromatic rings. The Morgan fingerprint density at radius 1 is 1.50 bits per heavy atom. The summed E-state index contributed by atoms with van der Waals surface area (Å²) in [5.74, 6) is -0.220. The zero-order chi connectivity index (χ0) is 13.0. The number of hydrogen-bond donors (Lipinski definition) is 2. The lowest BCUT2D eigenvalue weighted by Gasteiger charge is -2.27. The molecule has 1 saturated heterocycles. The van der Waals surface area contributed by atoms with E-state index in [-0.39, 0.29) is 5.82 Å². The first-order valence-electron chi connectivity index (χ1n) is 6.60. The van der Waals surface area contributed by atoms with Crippen LogP contribution in [-0.2, 0) is 0 Å². The molecule has 1 aliphatic heterocycles. The van der Waals surface area contributed by atoms with E-state index in [4.69, 9.17) is 0 Å². The van der Waals surface area contributed by atoms with Gasteiger partial charge in [-0.3, -0.25) is 0 Å². The first-order chi connectivity index (χ1) is 8.65. The third-order valence-corrected chi connectivity index (χ3v) is 3.99. The van der Waals surface area contributed by atoms with E-state index in [1.807, 2.05) is 0 Å². The van der Waals surface area contributed by atoms with Crippen molar-refractivity contribution in [1.29, 1.82) is 0 Å². The van der Waals surface area contributed by atoms with Gasteiger partial charge >= 0.3 is 0 Å². The molecule has 1 heterocycles. The SMILES string of the molecule is CC(CC1CCCCN1)Nc1ccc(F)c(Br)c1. The summed E-state index contributed by atoms with van der Waals surface area (Å²) in [4.78, 5) is 0. The number of nitrogens with one attached hydrogen (secondary N) is 2. The second-order valence-corrected chi connectivity index (χ2v) is 5.91. The van der Waals surface area contributed by atoms with Gasteiger partial charge in [-0.1, -0.05) is 6.42 Å². The molecule has 18 heavy (non-hydrogen) atoms. The third-order valence-electron chi connectivity index (χ3n) is 3.38. The van der Waals surface area contributed by atoms with E-state index in [0.29, 0.717) is 16.6 Å². The van der Waals surface area contributed by atoms with Crippen molar-refractivity contribution in [3.8, 4) is 0 Å². The smallest absolute Gasteiger partial charge is 0.137 e. The van der Waals surface area contributed by atoms with E-state index in [0.717, 1.165) is 18.7 Å². The van der Waals surface area contributed by atoms with Crippen LogP contribution in [0.4, 0.5) is 10.1 Å². The predicted molar refractivity (Wildman–Crippen MR) is 77.4 cm³/mol. The molecule has 0 saturated carbocycles. The molecule has 1 aromatic carbocycles. The minimum Gasteiger partial charge on any atom is -0.382 e.